The Morgan fingerprint density at radius 1 is 1.04 bits per heavy atom. The lowest BCUT2D eigenvalue weighted by atomic mass is 10.3. The second-order valence-corrected chi connectivity index (χ2v) is 5.25. The van der Waals surface area contributed by atoms with Crippen LogP contribution >= 0.6 is 0 Å². The summed E-state index contributed by atoms with van der Waals surface area (Å²) < 4.78 is 4.97. The van der Waals surface area contributed by atoms with Gasteiger partial charge in [0.05, 0.1) is 39.1 Å². The van der Waals surface area contributed by atoms with Crippen molar-refractivity contribution >= 4 is 23.8 Å². The highest BCUT2D eigenvalue weighted by Crippen LogP contribution is 1.84. The molecule has 0 aliphatic heterocycles. The van der Waals surface area contributed by atoms with Gasteiger partial charge in [0.2, 0.25) is 11.8 Å². The average Bonchev–Trinajstić information content (AvgIpc) is 2.62. The van der Waals surface area contributed by atoms with Gasteiger partial charge in [0.25, 0.3) is 5.91 Å². The number of aliphatic hydroxyl groups excluding tert-OH is 1. The highest BCUT2D eigenvalue weighted by Gasteiger charge is 2.13. The number of urea groups is 1. The topological polar surface area (TPSA) is 196 Å². The summed E-state index contributed by atoms with van der Waals surface area (Å²) in [5, 5.41) is 18.2. The molecule has 27 heavy (non-hydrogen) atoms. The Hall–Kier alpha value is -2.48. The van der Waals surface area contributed by atoms with Crippen molar-refractivity contribution in [2.24, 2.45) is 5.73 Å². The van der Waals surface area contributed by atoms with Gasteiger partial charge in [-0.25, -0.2) is 10.2 Å². The fraction of sp³-hybridized carbons (Fsp3) is 0.714. The predicted octanol–water partition coefficient (Wildman–Crippen LogP) is -4.16. The second kappa shape index (κ2) is 15.7. The molecule has 0 fully saturated rings. The molecule has 1 unspecified atom stereocenters. The van der Waals surface area contributed by atoms with E-state index in [1.165, 1.54) is 6.92 Å². The summed E-state index contributed by atoms with van der Waals surface area (Å²) in [5.41, 5.74) is 10.4. The molecule has 13 nitrogen and oxygen atoms in total. The van der Waals surface area contributed by atoms with E-state index >= 15 is 0 Å². The Balaban J connectivity index is 4.04. The van der Waals surface area contributed by atoms with Crippen LogP contribution in [0, 0.1) is 0 Å². The monoisotopic (exact) mass is 391 g/mol. The number of ether oxygens (including phenoxy) is 1. The van der Waals surface area contributed by atoms with Gasteiger partial charge in [0, 0.05) is 13.5 Å². The smallest absolute Gasteiger partial charge is 0.316 e. The van der Waals surface area contributed by atoms with E-state index in [1.54, 1.807) is 0 Å². The summed E-state index contributed by atoms with van der Waals surface area (Å²) in [6.07, 6.45) is -0.367. The zero-order valence-electron chi connectivity index (χ0n) is 15.3. The summed E-state index contributed by atoms with van der Waals surface area (Å²) in [6.45, 7) is 1.63. The first-order valence-electron chi connectivity index (χ1n) is 8.37. The minimum Gasteiger partial charge on any atom is -0.394 e. The first-order chi connectivity index (χ1) is 12.9. The number of hydrazine groups is 1. The quantitative estimate of drug-likeness (QED) is 0.0829. The summed E-state index contributed by atoms with van der Waals surface area (Å²) >= 11 is 0. The first-order valence-corrected chi connectivity index (χ1v) is 8.37. The zero-order valence-corrected chi connectivity index (χ0v) is 15.3. The lowest BCUT2D eigenvalue weighted by Crippen LogP contribution is -2.57. The van der Waals surface area contributed by atoms with Crippen LogP contribution in [0.4, 0.5) is 4.79 Å². The van der Waals surface area contributed by atoms with Crippen molar-refractivity contribution in [1.29, 1.82) is 0 Å². The van der Waals surface area contributed by atoms with Gasteiger partial charge in [-0.2, -0.15) is 0 Å². The Labute approximate surface area is 157 Å². The molecule has 0 aromatic rings. The zero-order chi connectivity index (χ0) is 20.5. The molecule has 0 aromatic heterocycles. The van der Waals surface area contributed by atoms with Gasteiger partial charge in [0.1, 0.15) is 0 Å². The SMILES string of the molecule is CC(=O)NCC(=O)NNC(CCN)NC(=O)NCC(=O)NCCOCCO. The van der Waals surface area contributed by atoms with Crippen molar-refractivity contribution in [3.63, 3.8) is 0 Å². The molecule has 0 rings (SSSR count). The molecular formula is C14H29N7O6. The van der Waals surface area contributed by atoms with Crippen LogP contribution in [0.3, 0.4) is 0 Å². The van der Waals surface area contributed by atoms with Gasteiger partial charge in [-0.1, -0.05) is 0 Å². The van der Waals surface area contributed by atoms with E-state index in [0.29, 0.717) is 6.42 Å². The third kappa shape index (κ3) is 15.5. The highest BCUT2D eigenvalue weighted by atomic mass is 16.5. The second-order valence-electron chi connectivity index (χ2n) is 5.25. The molecule has 1 atom stereocenters. The Bertz CT molecular complexity index is 477. The van der Waals surface area contributed by atoms with Crippen LogP contribution in [0.25, 0.3) is 0 Å². The van der Waals surface area contributed by atoms with Crippen LogP contribution in [-0.4, -0.2) is 81.0 Å². The third-order valence-electron chi connectivity index (χ3n) is 2.86. The normalized spacial score (nSPS) is 11.2. The molecular weight excluding hydrogens is 362 g/mol. The van der Waals surface area contributed by atoms with E-state index in [2.05, 4.69) is 32.1 Å². The van der Waals surface area contributed by atoms with Gasteiger partial charge in [0.15, 0.2) is 0 Å². The van der Waals surface area contributed by atoms with Crippen molar-refractivity contribution in [3.05, 3.63) is 0 Å². The van der Waals surface area contributed by atoms with E-state index in [0.717, 1.165) is 0 Å². The maximum Gasteiger partial charge on any atom is 0.316 e. The molecule has 5 amide bonds. The molecule has 0 aliphatic rings. The number of hydrogen-bond acceptors (Lipinski definition) is 8. The molecule has 0 saturated heterocycles. The molecule has 9 N–H and O–H groups in total. The number of rotatable bonds is 14. The first kappa shape index (κ1) is 24.5. The number of hydrogen-bond donors (Lipinski definition) is 8. The fourth-order valence-electron chi connectivity index (χ4n) is 1.63. The average molecular weight is 391 g/mol. The number of nitrogens with one attached hydrogen (secondary N) is 6. The summed E-state index contributed by atoms with van der Waals surface area (Å²) in [5.74, 6) is -1.26. The highest BCUT2D eigenvalue weighted by molar-refractivity contribution is 5.84. The largest absolute Gasteiger partial charge is 0.394 e. The van der Waals surface area contributed by atoms with Crippen LogP contribution in [0.1, 0.15) is 13.3 Å². The number of nitrogens with two attached hydrogens (primary N) is 1. The van der Waals surface area contributed by atoms with Crippen LogP contribution in [0.15, 0.2) is 0 Å². The maximum absolute atomic E-state index is 11.8. The number of carbonyl (C=O) groups excluding carboxylic acids is 4. The van der Waals surface area contributed by atoms with Crippen molar-refractivity contribution in [3.8, 4) is 0 Å². The molecule has 0 bridgehead atoms. The predicted molar refractivity (Wildman–Crippen MR) is 94.9 cm³/mol. The standard InChI is InChI=1S/C14H29N7O6/c1-10(23)17-9-13(25)21-20-11(2-3-15)19-14(26)18-8-12(24)16-4-6-27-7-5-22/h11,20,22H,2-9,15H2,1H3,(H,16,24)(H,17,23)(H,21,25)(H2,18,19,26). The van der Waals surface area contributed by atoms with Gasteiger partial charge >= 0.3 is 6.03 Å². The van der Waals surface area contributed by atoms with Crippen molar-refractivity contribution in [2.75, 3.05) is 46.0 Å². The molecule has 0 spiro atoms. The van der Waals surface area contributed by atoms with Gasteiger partial charge in [-0.05, 0) is 13.0 Å². The van der Waals surface area contributed by atoms with Crippen LogP contribution in [0.5, 0.6) is 0 Å². The molecule has 0 aromatic carbocycles. The molecule has 13 heteroatoms. The lowest BCUT2D eigenvalue weighted by Gasteiger charge is -2.20. The molecule has 0 saturated carbocycles. The minimum absolute atomic E-state index is 0.0959. The van der Waals surface area contributed by atoms with Gasteiger partial charge in [-0.15, -0.1) is 0 Å². The number of carbonyl (C=O) groups is 4. The summed E-state index contributed by atoms with van der Waals surface area (Å²) in [4.78, 5) is 45.6. The van der Waals surface area contributed by atoms with Crippen LogP contribution in [0.2, 0.25) is 0 Å². The maximum atomic E-state index is 11.8. The number of aliphatic hydroxyl groups is 1. The van der Waals surface area contributed by atoms with Crippen LogP contribution < -0.4 is 37.9 Å². The Morgan fingerprint density at radius 3 is 2.37 bits per heavy atom. The third-order valence-corrected chi connectivity index (χ3v) is 2.86. The van der Waals surface area contributed by atoms with E-state index in [9.17, 15) is 19.2 Å². The molecule has 0 heterocycles. The fourth-order valence-corrected chi connectivity index (χ4v) is 1.63. The van der Waals surface area contributed by atoms with Crippen LogP contribution in [-0.2, 0) is 19.1 Å². The lowest BCUT2D eigenvalue weighted by molar-refractivity contribution is -0.125. The van der Waals surface area contributed by atoms with E-state index in [-0.39, 0.29) is 51.9 Å². The van der Waals surface area contributed by atoms with Gasteiger partial charge in [-0.3, -0.25) is 19.8 Å². The number of amides is 5. The molecule has 156 valence electrons. The summed E-state index contributed by atoms with van der Waals surface area (Å²) in [7, 11) is 0. The minimum atomic E-state index is -0.675. The Morgan fingerprint density at radius 2 is 1.74 bits per heavy atom. The van der Waals surface area contributed by atoms with Crippen molar-refractivity contribution in [2.45, 2.75) is 19.5 Å². The van der Waals surface area contributed by atoms with Crippen molar-refractivity contribution in [1.82, 2.24) is 32.1 Å². The van der Waals surface area contributed by atoms with Gasteiger partial charge < -0.3 is 36.8 Å². The van der Waals surface area contributed by atoms with E-state index < -0.39 is 24.0 Å². The van der Waals surface area contributed by atoms with Crippen molar-refractivity contribution < 1.29 is 29.0 Å². The van der Waals surface area contributed by atoms with E-state index in [1.807, 2.05) is 0 Å². The van der Waals surface area contributed by atoms with E-state index in [4.69, 9.17) is 15.6 Å². The Kier molecular flexibility index (Phi) is 14.3. The summed E-state index contributed by atoms with van der Waals surface area (Å²) in [6, 6.07) is -0.635. The molecule has 0 radical (unpaired) electrons. The molecule has 0 aliphatic carbocycles.